The van der Waals surface area contributed by atoms with Gasteiger partial charge in [-0.3, -0.25) is 10.1 Å². The molecule has 0 amide bonds. The van der Waals surface area contributed by atoms with Gasteiger partial charge in [-0.2, -0.15) is 0 Å². The first-order valence-corrected chi connectivity index (χ1v) is 13.9. The molecule has 6 rings (SSSR count). The van der Waals surface area contributed by atoms with Crippen LogP contribution in [0.3, 0.4) is 0 Å². The molecule has 1 aliphatic rings. The molecule has 0 unspecified atom stereocenters. The lowest BCUT2D eigenvalue weighted by Crippen LogP contribution is -2.29. The maximum atomic E-state index is 12.1. The molecule has 4 heterocycles. The Kier molecular flexibility index (Phi) is 7.07. The summed E-state index contributed by atoms with van der Waals surface area (Å²) in [6.07, 6.45) is 5.90. The number of nitrogens with one attached hydrogen (secondary N) is 1. The van der Waals surface area contributed by atoms with E-state index in [1.54, 1.807) is 19.2 Å². The number of likely N-dealkylation sites (N-methyl/N-ethyl adjacent to an activating group) is 2. The number of aromatic nitrogens is 5. The normalized spacial score (nSPS) is 12.7. The zero-order valence-corrected chi connectivity index (χ0v) is 24.4. The number of hydrogen-bond acceptors (Lipinski definition) is 10. The van der Waals surface area contributed by atoms with Crippen LogP contribution in [0.2, 0.25) is 0 Å². The van der Waals surface area contributed by atoms with Gasteiger partial charge in [0.15, 0.2) is 0 Å². The summed E-state index contributed by atoms with van der Waals surface area (Å²) >= 11 is 0. The molecule has 0 atom stereocenters. The van der Waals surface area contributed by atoms with E-state index in [1.165, 1.54) is 11.1 Å². The van der Waals surface area contributed by atoms with Crippen LogP contribution in [0, 0.1) is 24.0 Å². The van der Waals surface area contributed by atoms with Gasteiger partial charge in [-0.25, -0.2) is 9.97 Å². The van der Waals surface area contributed by atoms with Crippen LogP contribution >= 0.6 is 0 Å². The van der Waals surface area contributed by atoms with Crippen molar-refractivity contribution >= 4 is 33.9 Å². The summed E-state index contributed by atoms with van der Waals surface area (Å²) in [5, 5.41) is 24.7. The molecule has 0 aliphatic carbocycles. The smallest absolute Gasteiger partial charge is 0.294 e. The van der Waals surface area contributed by atoms with Crippen LogP contribution in [-0.2, 0) is 13.0 Å². The van der Waals surface area contributed by atoms with E-state index in [0.717, 1.165) is 42.4 Å². The monoisotopic (exact) mass is 567 g/mol. The maximum Gasteiger partial charge on any atom is 0.294 e. The van der Waals surface area contributed by atoms with E-state index in [-0.39, 0.29) is 10.6 Å². The van der Waals surface area contributed by atoms with Crippen molar-refractivity contribution in [3.63, 3.8) is 0 Å². The van der Waals surface area contributed by atoms with Crippen LogP contribution in [-0.4, -0.2) is 68.8 Å². The number of para-hydroxylation sites is 1. The molecule has 1 N–H and O–H groups in total. The summed E-state index contributed by atoms with van der Waals surface area (Å²) in [4.78, 5) is 25.2. The van der Waals surface area contributed by atoms with Gasteiger partial charge in [0.2, 0.25) is 11.8 Å². The second-order valence-electron chi connectivity index (χ2n) is 11.0. The van der Waals surface area contributed by atoms with Crippen LogP contribution in [0.5, 0.6) is 0 Å². The third kappa shape index (κ3) is 5.05. The highest BCUT2D eigenvalue weighted by atomic mass is 16.6. The Bertz CT molecular complexity index is 1810. The zero-order chi connectivity index (χ0) is 29.5. The Hall–Kier alpha value is -4.84. The molecule has 12 heteroatoms. The predicted molar refractivity (Wildman–Crippen MR) is 162 cm³/mol. The van der Waals surface area contributed by atoms with Crippen molar-refractivity contribution in [2.45, 2.75) is 33.2 Å². The van der Waals surface area contributed by atoms with Crippen molar-refractivity contribution in [3.05, 3.63) is 69.9 Å². The van der Waals surface area contributed by atoms with E-state index in [9.17, 15) is 10.1 Å². The minimum Gasteiger partial charge on any atom is -0.421 e. The summed E-state index contributed by atoms with van der Waals surface area (Å²) < 4.78 is 8.07. The van der Waals surface area contributed by atoms with E-state index >= 15 is 0 Å². The minimum atomic E-state index is -0.354. The van der Waals surface area contributed by atoms with Crippen LogP contribution in [0.4, 0.5) is 23.0 Å². The van der Waals surface area contributed by atoms with E-state index in [1.807, 2.05) is 43.9 Å². The van der Waals surface area contributed by atoms with Gasteiger partial charge in [0.1, 0.15) is 5.69 Å². The molecule has 1 aliphatic heterocycles. The lowest BCUT2D eigenvalue weighted by Gasteiger charge is -2.22. The van der Waals surface area contributed by atoms with Crippen molar-refractivity contribution in [1.29, 1.82) is 0 Å². The molecule has 5 aromatic rings. The third-order valence-electron chi connectivity index (χ3n) is 7.69. The van der Waals surface area contributed by atoms with Gasteiger partial charge < -0.3 is 24.1 Å². The SMILES string of the molecule is Cc1nnc(-c2cnc(Nc3cc([N+](=O)[O-])c(N(C)CCN(C)C)cc3C)nc2-c2cn3c4c(cccc24)CCC3)o1. The average molecular weight is 568 g/mol. The molecular weight excluding hydrogens is 534 g/mol. The van der Waals surface area contributed by atoms with Crippen LogP contribution in [0.15, 0.2) is 47.1 Å². The van der Waals surface area contributed by atoms with Gasteiger partial charge in [-0.05, 0) is 51.1 Å². The van der Waals surface area contributed by atoms with Crippen molar-refractivity contribution in [2.75, 3.05) is 44.4 Å². The van der Waals surface area contributed by atoms with Gasteiger partial charge in [0, 0.05) is 63.0 Å². The summed E-state index contributed by atoms with van der Waals surface area (Å²) in [7, 11) is 5.82. The summed E-state index contributed by atoms with van der Waals surface area (Å²) in [6.45, 7) is 6.00. The first-order chi connectivity index (χ1) is 20.2. The van der Waals surface area contributed by atoms with Gasteiger partial charge in [-0.1, -0.05) is 18.2 Å². The second kappa shape index (κ2) is 10.9. The molecule has 0 fully saturated rings. The Morgan fingerprint density at radius 1 is 1.12 bits per heavy atom. The number of rotatable bonds is 9. The fourth-order valence-electron chi connectivity index (χ4n) is 5.51. The third-order valence-corrected chi connectivity index (χ3v) is 7.69. The summed E-state index contributed by atoms with van der Waals surface area (Å²) in [6, 6.07) is 9.74. The summed E-state index contributed by atoms with van der Waals surface area (Å²) in [5.41, 5.74) is 6.68. The highest BCUT2D eigenvalue weighted by molar-refractivity contribution is 6.00. The van der Waals surface area contributed by atoms with E-state index in [2.05, 4.69) is 49.5 Å². The Morgan fingerprint density at radius 3 is 2.69 bits per heavy atom. The molecule has 0 radical (unpaired) electrons. The number of benzene rings is 2. The largest absolute Gasteiger partial charge is 0.421 e. The fourth-order valence-corrected chi connectivity index (χ4v) is 5.51. The van der Waals surface area contributed by atoms with Crippen LogP contribution in [0.25, 0.3) is 33.6 Å². The number of nitro groups is 1. The standard InChI is InChI=1S/C30H33N9O3/c1-18-14-25(37(5)13-12-36(3)4)26(39(40)41)15-24(18)32-30-31-16-22(29-35-34-19(2)42-29)27(33-30)23-17-38-11-7-9-20-8-6-10-21(23)28(20)38/h6,8,10,14-17H,7,9,11-13H2,1-5H3,(H,31,32,33). The van der Waals surface area contributed by atoms with Gasteiger partial charge >= 0.3 is 0 Å². The first kappa shape index (κ1) is 27.3. The van der Waals surface area contributed by atoms with Crippen molar-refractivity contribution in [1.82, 2.24) is 29.6 Å². The Balaban J connectivity index is 1.44. The summed E-state index contributed by atoms with van der Waals surface area (Å²) in [5.74, 6) is 1.08. The molecule has 2 aromatic carbocycles. The number of hydrogen-bond donors (Lipinski definition) is 1. The topological polar surface area (TPSA) is 131 Å². The Morgan fingerprint density at radius 2 is 1.95 bits per heavy atom. The predicted octanol–water partition coefficient (Wildman–Crippen LogP) is 5.36. The molecule has 0 saturated carbocycles. The molecule has 216 valence electrons. The number of nitro benzene ring substituents is 1. The molecule has 3 aromatic heterocycles. The van der Waals surface area contributed by atoms with Crippen molar-refractivity contribution < 1.29 is 9.34 Å². The van der Waals surface area contributed by atoms with Crippen LogP contribution < -0.4 is 10.2 Å². The zero-order valence-electron chi connectivity index (χ0n) is 24.4. The number of anilines is 3. The number of nitrogens with zero attached hydrogens (tertiary/aromatic N) is 8. The maximum absolute atomic E-state index is 12.1. The van der Waals surface area contributed by atoms with Crippen LogP contribution in [0.1, 0.15) is 23.4 Å². The molecule has 0 bridgehead atoms. The van der Waals surface area contributed by atoms with Crippen molar-refractivity contribution in [2.24, 2.45) is 0 Å². The lowest BCUT2D eigenvalue weighted by molar-refractivity contribution is -0.384. The quantitative estimate of drug-likeness (QED) is 0.183. The minimum absolute atomic E-state index is 0.0107. The van der Waals surface area contributed by atoms with E-state index in [4.69, 9.17) is 9.40 Å². The lowest BCUT2D eigenvalue weighted by atomic mass is 10.0. The first-order valence-electron chi connectivity index (χ1n) is 13.9. The highest BCUT2D eigenvalue weighted by Crippen LogP contribution is 2.39. The van der Waals surface area contributed by atoms with E-state index < -0.39 is 0 Å². The highest BCUT2D eigenvalue weighted by Gasteiger charge is 2.24. The average Bonchev–Trinajstić information content (AvgIpc) is 3.57. The van der Waals surface area contributed by atoms with Gasteiger partial charge in [0.05, 0.1) is 27.4 Å². The van der Waals surface area contributed by atoms with Gasteiger partial charge in [0.25, 0.3) is 11.6 Å². The molecule has 12 nitrogen and oxygen atoms in total. The Labute approximate surface area is 243 Å². The molecule has 0 saturated heterocycles. The number of aryl methyl sites for hydroxylation is 4. The van der Waals surface area contributed by atoms with E-state index in [0.29, 0.717) is 46.9 Å². The molecule has 0 spiro atoms. The van der Waals surface area contributed by atoms with Crippen molar-refractivity contribution in [3.8, 4) is 22.7 Å². The van der Waals surface area contributed by atoms with Gasteiger partial charge in [-0.15, -0.1) is 10.2 Å². The second-order valence-corrected chi connectivity index (χ2v) is 11.0. The fraction of sp³-hybridized carbons (Fsp3) is 0.333. The molecular formula is C30H33N9O3. The molecule has 42 heavy (non-hydrogen) atoms.